The summed E-state index contributed by atoms with van der Waals surface area (Å²) < 4.78 is 0.716. The van der Waals surface area contributed by atoms with Crippen molar-refractivity contribution >= 4 is 33.6 Å². The number of nitrogens with zero attached hydrogens (tertiary/aromatic N) is 1. The minimum atomic E-state index is -0.104. The van der Waals surface area contributed by atoms with Gasteiger partial charge in [0.25, 0.3) is 5.91 Å². The van der Waals surface area contributed by atoms with Crippen LogP contribution in [0.3, 0.4) is 0 Å². The van der Waals surface area contributed by atoms with E-state index in [0.717, 1.165) is 17.9 Å². The van der Waals surface area contributed by atoms with Crippen molar-refractivity contribution in [3.63, 3.8) is 0 Å². The molecule has 0 aliphatic rings. The van der Waals surface area contributed by atoms with Crippen molar-refractivity contribution in [2.45, 2.75) is 6.42 Å². The monoisotopic (exact) mass is 318 g/mol. The first-order valence-electron chi connectivity index (χ1n) is 5.32. The molecular weight excluding hydrogens is 304 g/mol. The molecule has 1 aromatic rings. The fourth-order valence-electron chi connectivity index (χ4n) is 1.12. The van der Waals surface area contributed by atoms with E-state index in [0.29, 0.717) is 16.7 Å². The van der Waals surface area contributed by atoms with Crippen LogP contribution in [0.1, 0.15) is 16.8 Å². The molecule has 94 valence electrons. The summed E-state index contributed by atoms with van der Waals surface area (Å²) in [6, 6.07) is 3.47. The molecule has 4 nitrogen and oxygen atoms in total. The van der Waals surface area contributed by atoms with Crippen LogP contribution in [0, 0.1) is 0 Å². The molecule has 1 heterocycles. The van der Waals surface area contributed by atoms with E-state index < -0.39 is 0 Å². The van der Waals surface area contributed by atoms with Gasteiger partial charge in [-0.3, -0.25) is 4.79 Å². The number of hydrogen-bond donors (Lipinski definition) is 2. The number of nitrogens with one attached hydrogen (secondary N) is 1. The summed E-state index contributed by atoms with van der Waals surface area (Å²) in [7, 11) is 0. The Morgan fingerprint density at radius 3 is 2.94 bits per heavy atom. The normalized spacial score (nSPS) is 10.2. The molecule has 17 heavy (non-hydrogen) atoms. The van der Waals surface area contributed by atoms with Gasteiger partial charge in [0, 0.05) is 25.1 Å². The van der Waals surface area contributed by atoms with Gasteiger partial charge in [0.15, 0.2) is 0 Å². The third kappa shape index (κ3) is 6.05. The van der Waals surface area contributed by atoms with Crippen LogP contribution in [0.15, 0.2) is 22.9 Å². The molecule has 1 aromatic heterocycles. The maximum atomic E-state index is 11.6. The highest BCUT2D eigenvalue weighted by molar-refractivity contribution is 9.10. The number of carbonyl (C=O) groups excluding carboxylic acids is 1. The molecule has 2 N–H and O–H groups in total. The number of carbonyl (C=O) groups is 1. The number of aliphatic hydroxyl groups excluding tert-OH is 1. The Morgan fingerprint density at radius 2 is 2.29 bits per heavy atom. The van der Waals surface area contributed by atoms with Crippen LogP contribution in [0.4, 0.5) is 0 Å². The summed E-state index contributed by atoms with van der Waals surface area (Å²) in [5.74, 6) is 1.68. The molecule has 0 aliphatic heterocycles. The summed E-state index contributed by atoms with van der Waals surface area (Å²) in [6.07, 6.45) is 2.34. The number of aromatic nitrogens is 1. The van der Waals surface area contributed by atoms with Crippen molar-refractivity contribution in [3.05, 3.63) is 28.5 Å². The van der Waals surface area contributed by atoms with E-state index in [9.17, 15) is 4.79 Å². The lowest BCUT2D eigenvalue weighted by molar-refractivity contribution is 0.0956. The van der Waals surface area contributed by atoms with E-state index in [1.54, 1.807) is 30.1 Å². The fourth-order valence-corrected chi connectivity index (χ4v) is 2.14. The number of aliphatic hydroxyl groups is 1. The van der Waals surface area contributed by atoms with Gasteiger partial charge in [-0.2, -0.15) is 11.8 Å². The Labute approximate surface area is 113 Å². The van der Waals surface area contributed by atoms with Gasteiger partial charge in [0.05, 0.1) is 5.56 Å². The van der Waals surface area contributed by atoms with Gasteiger partial charge < -0.3 is 10.4 Å². The van der Waals surface area contributed by atoms with Gasteiger partial charge in [0.2, 0.25) is 0 Å². The first-order chi connectivity index (χ1) is 8.24. The van der Waals surface area contributed by atoms with Gasteiger partial charge >= 0.3 is 0 Å². The van der Waals surface area contributed by atoms with Crippen molar-refractivity contribution in [2.75, 3.05) is 24.7 Å². The molecular formula is C11H15BrN2O2S. The molecule has 1 rings (SSSR count). The van der Waals surface area contributed by atoms with Crippen LogP contribution in [-0.4, -0.2) is 40.7 Å². The zero-order valence-corrected chi connectivity index (χ0v) is 11.8. The molecule has 0 aliphatic carbocycles. The molecule has 0 bridgehead atoms. The first kappa shape index (κ1) is 14.5. The predicted octanol–water partition coefficient (Wildman–Crippen LogP) is 1.69. The van der Waals surface area contributed by atoms with E-state index in [1.165, 1.54) is 0 Å². The van der Waals surface area contributed by atoms with Gasteiger partial charge in [-0.15, -0.1) is 0 Å². The molecule has 0 saturated carbocycles. The van der Waals surface area contributed by atoms with E-state index in [-0.39, 0.29) is 12.5 Å². The van der Waals surface area contributed by atoms with Crippen molar-refractivity contribution in [1.82, 2.24) is 10.3 Å². The lowest BCUT2D eigenvalue weighted by Crippen LogP contribution is -2.25. The second-order valence-corrected chi connectivity index (χ2v) is 5.35. The van der Waals surface area contributed by atoms with Gasteiger partial charge in [-0.1, -0.05) is 0 Å². The Balaban J connectivity index is 2.19. The minimum absolute atomic E-state index is 0.104. The van der Waals surface area contributed by atoms with Crippen LogP contribution < -0.4 is 5.32 Å². The number of thioether (sulfide) groups is 1. The largest absolute Gasteiger partial charge is 0.396 e. The van der Waals surface area contributed by atoms with Gasteiger partial charge in [-0.25, -0.2) is 4.98 Å². The van der Waals surface area contributed by atoms with Crippen molar-refractivity contribution in [1.29, 1.82) is 0 Å². The Bertz CT molecular complexity index is 346. The van der Waals surface area contributed by atoms with Crippen molar-refractivity contribution in [2.24, 2.45) is 0 Å². The highest BCUT2D eigenvalue weighted by Gasteiger charge is 2.04. The molecule has 0 radical (unpaired) electrons. The summed E-state index contributed by atoms with van der Waals surface area (Å²) in [5, 5.41) is 11.4. The molecule has 1 amide bonds. The van der Waals surface area contributed by atoms with E-state index >= 15 is 0 Å². The number of rotatable bonds is 7. The standard InChI is InChI=1S/C11H15BrN2O2S/c12-10-3-2-9(8-14-10)11(16)13-4-7-17-6-1-5-15/h2-3,8,15H,1,4-7H2,(H,13,16). The summed E-state index contributed by atoms with van der Waals surface area (Å²) >= 11 is 4.94. The third-order valence-corrected chi connectivity index (χ3v) is 3.51. The third-order valence-electron chi connectivity index (χ3n) is 1.97. The molecule has 0 fully saturated rings. The van der Waals surface area contributed by atoms with Crippen LogP contribution in [0.25, 0.3) is 0 Å². The number of halogens is 1. The van der Waals surface area contributed by atoms with E-state index in [4.69, 9.17) is 5.11 Å². The fraction of sp³-hybridized carbons (Fsp3) is 0.455. The van der Waals surface area contributed by atoms with Crippen LogP contribution in [0.5, 0.6) is 0 Å². The lowest BCUT2D eigenvalue weighted by atomic mass is 10.3. The van der Waals surface area contributed by atoms with Gasteiger partial charge in [0.1, 0.15) is 4.60 Å². The summed E-state index contributed by atoms with van der Waals surface area (Å²) in [5.41, 5.74) is 0.563. The molecule has 0 unspecified atom stereocenters. The minimum Gasteiger partial charge on any atom is -0.396 e. The van der Waals surface area contributed by atoms with Crippen LogP contribution >= 0.6 is 27.7 Å². The molecule has 0 atom stereocenters. The van der Waals surface area contributed by atoms with Crippen LogP contribution in [0.2, 0.25) is 0 Å². The zero-order valence-electron chi connectivity index (χ0n) is 9.36. The Morgan fingerprint density at radius 1 is 1.47 bits per heavy atom. The zero-order chi connectivity index (χ0) is 12.5. The maximum absolute atomic E-state index is 11.6. The topological polar surface area (TPSA) is 62.2 Å². The summed E-state index contributed by atoms with van der Waals surface area (Å²) in [6.45, 7) is 0.856. The average molecular weight is 319 g/mol. The summed E-state index contributed by atoms with van der Waals surface area (Å²) in [4.78, 5) is 15.6. The smallest absolute Gasteiger partial charge is 0.252 e. The molecule has 0 aromatic carbocycles. The molecule has 6 heteroatoms. The van der Waals surface area contributed by atoms with Crippen LogP contribution in [-0.2, 0) is 0 Å². The quantitative estimate of drug-likeness (QED) is 0.593. The SMILES string of the molecule is O=C(NCCSCCCO)c1ccc(Br)nc1. The predicted molar refractivity (Wildman–Crippen MR) is 73.3 cm³/mol. The average Bonchev–Trinajstić information content (AvgIpc) is 2.34. The Kier molecular flexibility index (Phi) is 7.23. The first-order valence-corrected chi connectivity index (χ1v) is 7.27. The second-order valence-electron chi connectivity index (χ2n) is 3.32. The Hall–Kier alpha value is -0.590. The number of hydrogen-bond acceptors (Lipinski definition) is 4. The van der Waals surface area contributed by atoms with E-state index in [1.807, 2.05) is 0 Å². The molecule has 0 saturated heterocycles. The van der Waals surface area contributed by atoms with Crippen molar-refractivity contribution in [3.8, 4) is 0 Å². The highest BCUT2D eigenvalue weighted by Crippen LogP contribution is 2.06. The maximum Gasteiger partial charge on any atom is 0.252 e. The number of pyridine rings is 1. The van der Waals surface area contributed by atoms with Crippen molar-refractivity contribution < 1.29 is 9.90 Å². The number of amides is 1. The second kappa shape index (κ2) is 8.49. The van der Waals surface area contributed by atoms with Gasteiger partial charge in [-0.05, 0) is 40.2 Å². The van der Waals surface area contributed by atoms with E-state index in [2.05, 4.69) is 26.2 Å². The highest BCUT2D eigenvalue weighted by atomic mass is 79.9. The lowest BCUT2D eigenvalue weighted by Gasteiger charge is -2.04. The molecule has 0 spiro atoms.